The number of hydrogen-bond acceptors (Lipinski definition) is 3. The lowest BCUT2D eigenvalue weighted by Gasteiger charge is -2.04. The van der Waals surface area contributed by atoms with E-state index in [2.05, 4.69) is 31.4 Å². The second-order valence-electron chi connectivity index (χ2n) is 2.09. The number of nitrogens with zero attached hydrogens (tertiary/aromatic N) is 3. The van der Waals surface area contributed by atoms with Crippen molar-refractivity contribution in [1.29, 1.82) is 0 Å². The van der Waals surface area contributed by atoms with Gasteiger partial charge >= 0.3 is 0 Å². The second-order valence-corrected chi connectivity index (χ2v) is 2.84. The molecule has 0 saturated carbocycles. The molecule has 0 saturated heterocycles. The monoisotopic (exact) mass is 221 g/mol. The van der Waals surface area contributed by atoms with Gasteiger partial charge in [0.15, 0.2) is 4.60 Å². The summed E-state index contributed by atoms with van der Waals surface area (Å²) in [4.78, 5) is 1.33. The zero-order valence-corrected chi connectivity index (χ0v) is 7.88. The van der Waals surface area contributed by atoms with Crippen molar-refractivity contribution >= 4 is 15.9 Å². The van der Waals surface area contributed by atoms with Crippen LogP contribution in [-0.2, 0) is 7.05 Å². The van der Waals surface area contributed by atoms with Gasteiger partial charge < -0.3 is 5.32 Å². The number of rotatable bonds is 2. The van der Waals surface area contributed by atoms with Gasteiger partial charge in [-0.1, -0.05) is 0 Å². The summed E-state index contributed by atoms with van der Waals surface area (Å²) in [7, 11) is 3.22. The highest BCUT2D eigenvalue weighted by Gasteiger charge is 2.11. The number of hydrogen-bond donors (Lipinski definition) is 1. The zero-order valence-electron chi connectivity index (χ0n) is 9.30. The van der Waals surface area contributed by atoms with Crippen molar-refractivity contribution in [3.05, 3.63) is 10.3 Å². The van der Waals surface area contributed by atoms with Crippen LogP contribution in [0.15, 0.2) is 4.60 Å². The Hall–Kier alpha value is -0.420. The maximum atomic E-state index is 7.31. The maximum Gasteiger partial charge on any atom is 0.153 e. The Morgan fingerprint density at radius 3 is 2.82 bits per heavy atom. The Labute approximate surface area is 78.3 Å². The average molecular weight is 222 g/mol. The fraction of sp³-hybridized carbons (Fsp3) is 0.667. The van der Waals surface area contributed by atoms with Crippen LogP contribution in [0, 0.1) is 0 Å². The van der Waals surface area contributed by atoms with Crippen LogP contribution in [0.2, 0.25) is 0 Å². The van der Waals surface area contributed by atoms with Gasteiger partial charge in [0.25, 0.3) is 0 Å². The van der Waals surface area contributed by atoms with E-state index in [0.29, 0.717) is 10.3 Å². The molecule has 1 aromatic heterocycles. The number of halogens is 1. The third kappa shape index (κ3) is 1.78. The highest BCUT2D eigenvalue weighted by Crippen LogP contribution is 2.17. The largest absolute Gasteiger partial charge is 0.312 e. The first-order valence-electron chi connectivity index (χ1n) is 4.60. The van der Waals surface area contributed by atoms with Gasteiger partial charge in [-0.3, -0.25) is 0 Å². The predicted molar refractivity (Wildman–Crippen MR) is 46.2 cm³/mol. The van der Waals surface area contributed by atoms with Crippen molar-refractivity contribution in [2.24, 2.45) is 7.05 Å². The van der Waals surface area contributed by atoms with E-state index in [1.54, 1.807) is 14.1 Å². The van der Waals surface area contributed by atoms with Crippen LogP contribution in [0.3, 0.4) is 0 Å². The molecule has 62 valence electrons. The SMILES string of the molecule is [2H]C([2H])([2H])C(NC)c1nn(C)nc1Br. The summed E-state index contributed by atoms with van der Waals surface area (Å²) in [5.41, 5.74) is 0.398. The molecule has 0 spiro atoms. The van der Waals surface area contributed by atoms with Gasteiger partial charge in [0.1, 0.15) is 5.69 Å². The quantitative estimate of drug-likeness (QED) is 0.806. The van der Waals surface area contributed by atoms with E-state index in [1.807, 2.05) is 0 Å². The molecule has 4 nitrogen and oxygen atoms in total. The summed E-state index contributed by atoms with van der Waals surface area (Å²) in [5, 5.41) is 10.6. The molecule has 1 N–H and O–H groups in total. The maximum absolute atomic E-state index is 7.31. The lowest BCUT2D eigenvalue weighted by Crippen LogP contribution is -2.13. The molecule has 0 aromatic carbocycles. The minimum Gasteiger partial charge on any atom is -0.312 e. The predicted octanol–water partition coefficient (Wildman–Crippen LogP) is 0.858. The summed E-state index contributed by atoms with van der Waals surface area (Å²) in [6.07, 6.45) is 0. The fourth-order valence-corrected chi connectivity index (χ4v) is 1.25. The van der Waals surface area contributed by atoms with Crippen LogP contribution in [-0.4, -0.2) is 22.0 Å². The first kappa shape index (κ1) is 5.27. The van der Waals surface area contributed by atoms with Crippen molar-refractivity contribution < 1.29 is 4.11 Å². The molecule has 0 aliphatic rings. The molecule has 1 unspecified atom stereocenters. The molecule has 1 atom stereocenters. The van der Waals surface area contributed by atoms with E-state index in [0.717, 1.165) is 0 Å². The molecule has 1 aromatic rings. The minimum absolute atomic E-state index is 0.398. The second kappa shape index (κ2) is 3.32. The molecular weight excluding hydrogens is 208 g/mol. The summed E-state index contributed by atoms with van der Waals surface area (Å²) < 4.78 is 22.4. The Morgan fingerprint density at radius 1 is 1.73 bits per heavy atom. The van der Waals surface area contributed by atoms with Crippen LogP contribution < -0.4 is 5.32 Å². The minimum atomic E-state index is -2.13. The van der Waals surface area contributed by atoms with Gasteiger partial charge in [0, 0.05) is 11.2 Å². The van der Waals surface area contributed by atoms with Crippen LogP contribution >= 0.6 is 15.9 Å². The molecule has 0 aliphatic heterocycles. The smallest absolute Gasteiger partial charge is 0.153 e. The number of aromatic nitrogens is 3. The van der Waals surface area contributed by atoms with Gasteiger partial charge in [0.2, 0.25) is 0 Å². The van der Waals surface area contributed by atoms with Gasteiger partial charge in [-0.15, -0.1) is 5.10 Å². The molecule has 0 amide bonds. The highest BCUT2D eigenvalue weighted by atomic mass is 79.9. The number of aryl methyl sites for hydroxylation is 1. The third-order valence-corrected chi connectivity index (χ3v) is 1.82. The van der Waals surface area contributed by atoms with Crippen molar-refractivity contribution in [2.75, 3.05) is 7.05 Å². The molecule has 0 aliphatic carbocycles. The average Bonchev–Trinajstić information content (AvgIpc) is 2.29. The molecular formula is C6H11BrN4. The van der Waals surface area contributed by atoms with E-state index in [4.69, 9.17) is 4.11 Å². The number of nitrogens with one attached hydrogen (secondary N) is 1. The molecule has 1 rings (SSSR count). The van der Waals surface area contributed by atoms with E-state index >= 15 is 0 Å². The van der Waals surface area contributed by atoms with Crippen LogP contribution in [0.4, 0.5) is 0 Å². The summed E-state index contributed by atoms with van der Waals surface area (Å²) in [5.74, 6) is 0. The molecule has 5 heteroatoms. The van der Waals surface area contributed by atoms with E-state index in [1.165, 1.54) is 4.80 Å². The van der Waals surface area contributed by atoms with Gasteiger partial charge in [-0.25, -0.2) is 0 Å². The molecule has 1 heterocycles. The third-order valence-electron chi connectivity index (χ3n) is 1.26. The lowest BCUT2D eigenvalue weighted by atomic mass is 10.3. The van der Waals surface area contributed by atoms with E-state index in [9.17, 15) is 0 Å². The van der Waals surface area contributed by atoms with E-state index in [-0.39, 0.29) is 0 Å². The van der Waals surface area contributed by atoms with E-state index < -0.39 is 12.9 Å². The van der Waals surface area contributed by atoms with Crippen LogP contribution in [0.1, 0.15) is 22.7 Å². The fourth-order valence-electron chi connectivity index (χ4n) is 0.711. The van der Waals surface area contributed by atoms with Crippen molar-refractivity contribution in [1.82, 2.24) is 20.3 Å². The van der Waals surface area contributed by atoms with Crippen LogP contribution in [0.5, 0.6) is 0 Å². The van der Waals surface area contributed by atoms with Gasteiger partial charge in [-0.05, 0) is 29.8 Å². The topological polar surface area (TPSA) is 42.7 Å². The zero-order chi connectivity index (χ0) is 10.9. The lowest BCUT2D eigenvalue weighted by molar-refractivity contribution is 0.594. The molecule has 0 fully saturated rings. The first-order valence-corrected chi connectivity index (χ1v) is 3.89. The highest BCUT2D eigenvalue weighted by molar-refractivity contribution is 9.10. The normalized spacial score (nSPS) is 18.6. The van der Waals surface area contributed by atoms with Gasteiger partial charge in [0.05, 0.1) is 6.04 Å². The Morgan fingerprint density at radius 2 is 2.45 bits per heavy atom. The van der Waals surface area contributed by atoms with Crippen molar-refractivity contribution in [3.8, 4) is 0 Å². The van der Waals surface area contributed by atoms with Crippen molar-refractivity contribution in [3.63, 3.8) is 0 Å². The van der Waals surface area contributed by atoms with Crippen molar-refractivity contribution in [2.45, 2.75) is 12.9 Å². The first-order chi connectivity index (χ1) is 6.36. The van der Waals surface area contributed by atoms with Gasteiger partial charge in [-0.2, -0.15) is 9.90 Å². The summed E-state index contributed by atoms with van der Waals surface area (Å²) in [6, 6.07) is -0.800. The Bertz CT molecular complexity index is 321. The molecule has 0 radical (unpaired) electrons. The summed E-state index contributed by atoms with van der Waals surface area (Å²) >= 11 is 3.17. The van der Waals surface area contributed by atoms with Crippen LogP contribution in [0.25, 0.3) is 0 Å². The molecule has 0 bridgehead atoms. The Kier molecular flexibility index (Phi) is 1.59. The standard InChI is InChI=1S/C6H11BrN4/c1-4(8-2)5-6(7)10-11(3)9-5/h4,8H,1-3H3/i1D3. The summed E-state index contributed by atoms with van der Waals surface area (Å²) in [6.45, 7) is -2.13. The molecule has 11 heavy (non-hydrogen) atoms. The Balaban J connectivity index is 3.07.